The molecular weight excluding hydrogens is 344 g/mol. The maximum absolute atomic E-state index is 12.8. The van der Waals surface area contributed by atoms with E-state index in [1.165, 1.54) is 6.20 Å². The Morgan fingerprint density at radius 3 is 2.80 bits per heavy atom. The lowest BCUT2D eigenvalue weighted by Crippen LogP contribution is -2.41. The van der Waals surface area contributed by atoms with Gasteiger partial charge < -0.3 is 14.7 Å². The number of aromatic nitrogens is 2. The van der Waals surface area contributed by atoms with Gasteiger partial charge in [0.25, 0.3) is 5.91 Å². The Morgan fingerprint density at radius 2 is 2.20 bits per heavy atom. The van der Waals surface area contributed by atoms with Gasteiger partial charge >= 0.3 is 0 Å². The minimum atomic E-state index is -3.05. The van der Waals surface area contributed by atoms with Crippen LogP contribution in [0.4, 0.5) is 11.6 Å². The predicted molar refractivity (Wildman–Crippen MR) is 92.5 cm³/mol. The molecule has 9 heteroatoms. The van der Waals surface area contributed by atoms with Crippen molar-refractivity contribution >= 4 is 27.4 Å². The summed E-state index contributed by atoms with van der Waals surface area (Å²) in [4.78, 5) is 18.6. The molecule has 0 spiro atoms. The molecule has 8 nitrogen and oxygen atoms in total. The van der Waals surface area contributed by atoms with Gasteiger partial charge in [0.1, 0.15) is 11.6 Å². The van der Waals surface area contributed by atoms with E-state index in [1.54, 1.807) is 30.0 Å². The van der Waals surface area contributed by atoms with Gasteiger partial charge in [-0.2, -0.15) is 0 Å². The molecule has 2 aromatic heterocycles. The summed E-state index contributed by atoms with van der Waals surface area (Å²) in [5, 5.41) is 6.80. The fourth-order valence-corrected chi connectivity index (χ4v) is 4.67. The number of hydrogen-bond donors (Lipinski definition) is 1. The highest BCUT2D eigenvalue weighted by atomic mass is 32.2. The van der Waals surface area contributed by atoms with Crippen molar-refractivity contribution in [2.45, 2.75) is 26.3 Å². The summed E-state index contributed by atoms with van der Waals surface area (Å²) < 4.78 is 28.4. The van der Waals surface area contributed by atoms with Crippen molar-refractivity contribution in [1.82, 2.24) is 15.0 Å². The molecule has 3 rings (SSSR count). The van der Waals surface area contributed by atoms with Gasteiger partial charge in [-0.1, -0.05) is 5.16 Å². The van der Waals surface area contributed by atoms with Gasteiger partial charge in [0.05, 0.1) is 11.5 Å². The number of rotatable bonds is 5. The number of carbonyl (C=O) groups is 1. The van der Waals surface area contributed by atoms with Crippen LogP contribution in [0.3, 0.4) is 0 Å². The normalized spacial score (nSPS) is 18.9. The number of amides is 1. The third kappa shape index (κ3) is 3.98. The summed E-state index contributed by atoms with van der Waals surface area (Å²) in [5.74, 6) is 1.59. The molecule has 1 saturated heterocycles. The van der Waals surface area contributed by atoms with E-state index in [1.807, 2.05) is 6.92 Å². The highest BCUT2D eigenvalue weighted by Crippen LogP contribution is 2.21. The topological polar surface area (TPSA) is 105 Å². The maximum Gasteiger partial charge on any atom is 0.254 e. The second-order valence-electron chi connectivity index (χ2n) is 6.03. The first-order valence-electron chi connectivity index (χ1n) is 8.06. The number of pyridine rings is 1. The second-order valence-corrected chi connectivity index (χ2v) is 8.25. The van der Waals surface area contributed by atoms with Gasteiger partial charge in [0, 0.05) is 30.4 Å². The van der Waals surface area contributed by atoms with Gasteiger partial charge in [0.2, 0.25) is 0 Å². The number of aryl methyl sites for hydroxylation is 1. The number of nitrogens with zero attached hydrogens (tertiary/aromatic N) is 3. The van der Waals surface area contributed by atoms with Crippen LogP contribution >= 0.6 is 0 Å². The number of hydrogen-bond acceptors (Lipinski definition) is 7. The Balaban J connectivity index is 1.78. The van der Waals surface area contributed by atoms with Crippen LogP contribution in [0.2, 0.25) is 0 Å². The highest BCUT2D eigenvalue weighted by Gasteiger charge is 2.34. The first-order chi connectivity index (χ1) is 11.9. The molecule has 0 radical (unpaired) electrons. The number of anilines is 2. The number of carbonyl (C=O) groups excluding carboxylic acids is 1. The Kier molecular flexibility index (Phi) is 4.76. The van der Waals surface area contributed by atoms with Gasteiger partial charge in [-0.25, -0.2) is 13.4 Å². The van der Waals surface area contributed by atoms with Gasteiger partial charge in [-0.05, 0) is 32.4 Å². The van der Waals surface area contributed by atoms with Crippen LogP contribution in [-0.4, -0.2) is 53.5 Å². The zero-order valence-electron chi connectivity index (χ0n) is 14.1. The molecule has 3 heterocycles. The zero-order chi connectivity index (χ0) is 18.0. The minimum absolute atomic E-state index is 0.0288. The van der Waals surface area contributed by atoms with Crippen molar-refractivity contribution in [3.05, 3.63) is 35.7 Å². The molecule has 1 atom stereocenters. The average molecular weight is 364 g/mol. The Bertz CT molecular complexity index is 878. The molecule has 1 N–H and O–H groups in total. The van der Waals surface area contributed by atoms with Crippen LogP contribution in [-0.2, 0) is 9.84 Å². The van der Waals surface area contributed by atoms with E-state index < -0.39 is 9.84 Å². The quantitative estimate of drug-likeness (QED) is 0.862. The summed E-state index contributed by atoms with van der Waals surface area (Å²) in [6, 6.07) is 4.69. The molecule has 1 aliphatic heterocycles. The van der Waals surface area contributed by atoms with E-state index >= 15 is 0 Å². The van der Waals surface area contributed by atoms with Crippen LogP contribution in [0.5, 0.6) is 0 Å². The summed E-state index contributed by atoms with van der Waals surface area (Å²) in [7, 11) is -3.05. The molecule has 0 aliphatic carbocycles. The highest BCUT2D eigenvalue weighted by molar-refractivity contribution is 7.91. The lowest BCUT2D eigenvalue weighted by Gasteiger charge is -2.27. The number of sulfone groups is 1. The zero-order valence-corrected chi connectivity index (χ0v) is 14.9. The monoisotopic (exact) mass is 364 g/mol. The van der Waals surface area contributed by atoms with E-state index in [-0.39, 0.29) is 23.5 Å². The van der Waals surface area contributed by atoms with Crippen LogP contribution < -0.4 is 5.32 Å². The first-order valence-corrected chi connectivity index (χ1v) is 9.88. The first kappa shape index (κ1) is 17.4. The lowest BCUT2D eigenvalue weighted by molar-refractivity contribution is 0.0708. The Labute approximate surface area is 146 Å². The van der Waals surface area contributed by atoms with Gasteiger partial charge in [0.15, 0.2) is 15.7 Å². The fraction of sp³-hybridized carbons (Fsp3) is 0.438. The van der Waals surface area contributed by atoms with E-state index in [4.69, 9.17) is 4.52 Å². The molecule has 0 aromatic carbocycles. The third-order valence-corrected chi connectivity index (χ3v) is 5.89. The average Bonchev–Trinajstić information content (AvgIpc) is 3.13. The molecule has 1 fully saturated rings. The molecule has 0 saturated carbocycles. The van der Waals surface area contributed by atoms with Gasteiger partial charge in [-0.3, -0.25) is 4.79 Å². The lowest BCUT2D eigenvalue weighted by atomic mass is 10.1. The van der Waals surface area contributed by atoms with E-state index in [9.17, 15) is 13.2 Å². The molecule has 1 unspecified atom stereocenters. The van der Waals surface area contributed by atoms with Crippen LogP contribution in [0, 0.1) is 6.92 Å². The second kappa shape index (κ2) is 6.83. The molecular formula is C16H20N4O4S. The minimum Gasteiger partial charge on any atom is -0.360 e. The van der Waals surface area contributed by atoms with E-state index in [2.05, 4.69) is 15.5 Å². The molecule has 2 aromatic rings. The van der Waals surface area contributed by atoms with Crippen molar-refractivity contribution in [1.29, 1.82) is 0 Å². The van der Waals surface area contributed by atoms with Crippen LogP contribution in [0.1, 0.15) is 29.5 Å². The summed E-state index contributed by atoms with van der Waals surface area (Å²) in [5.41, 5.74) is 0.448. The van der Waals surface area contributed by atoms with Gasteiger partial charge in [-0.15, -0.1) is 0 Å². The van der Waals surface area contributed by atoms with Crippen molar-refractivity contribution in [3.63, 3.8) is 0 Å². The summed E-state index contributed by atoms with van der Waals surface area (Å²) in [6.07, 6.45) is 2.01. The van der Waals surface area contributed by atoms with Crippen molar-refractivity contribution < 1.29 is 17.7 Å². The molecule has 1 aliphatic rings. The van der Waals surface area contributed by atoms with Crippen molar-refractivity contribution in [2.24, 2.45) is 0 Å². The van der Waals surface area contributed by atoms with E-state index in [0.717, 1.165) is 0 Å². The van der Waals surface area contributed by atoms with Crippen molar-refractivity contribution in [2.75, 3.05) is 23.4 Å². The summed E-state index contributed by atoms with van der Waals surface area (Å²) >= 11 is 0. The standard InChI is InChI=1S/C16H20N4O4S/c1-3-20(13-5-7-25(22,23)10-13)16(21)12-4-6-17-14(9-12)18-15-8-11(2)24-19-15/h4,6,8-9,13H,3,5,7,10H2,1-2H3,(H,17,18,19). The maximum atomic E-state index is 12.8. The Hall–Kier alpha value is -2.42. The van der Waals surface area contributed by atoms with Crippen molar-refractivity contribution in [3.8, 4) is 0 Å². The Morgan fingerprint density at radius 1 is 1.40 bits per heavy atom. The van der Waals surface area contributed by atoms with Crippen LogP contribution in [0.15, 0.2) is 28.9 Å². The third-order valence-electron chi connectivity index (χ3n) is 4.14. The summed E-state index contributed by atoms with van der Waals surface area (Å²) in [6.45, 7) is 4.08. The number of nitrogens with one attached hydrogen (secondary N) is 1. The smallest absolute Gasteiger partial charge is 0.254 e. The largest absolute Gasteiger partial charge is 0.360 e. The SMILES string of the molecule is CCN(C(=O)c1ccnc(Nc2cc(C)on2)c1)C1CCS(=O)(=O)C1. The molecule has 134 valence electrons. The predicted octanol–water partition coefficient (Wildman–Crippen LogP) is 1.77. The molecule has 1 amide bonds. The molecule has 0 bridgehead atoms. The fourth-order valence-electron chi connectivity index (χ4n) is 2.94. The molecule has 25 heavy (non-hydrogen) atoms. The van der Waals surface area contributed by atoms with E-state index in [0.29, 0.717) is 35.9 Å². The van der Waals surface area contributed by atoms with Crippen LogP contribution in [0.25, 0.3) is 0 Å².